The fourth-order valence-electron chi connectivity index (χ4n) is 3.83. The van der Waals surface area contributed by atoms with Gasteiger partial charge in [-0.15, -0.1) is 11.3 Å². The van der Waals surface area contributed by atoms with Crippen molar-refractivity contribution < 1.29 is 0 Å². The molecule has 4 aromatic rings. The van der Waals surface area contributed by atoms with Gasteiger partial charge in [0.1, 0.15) is 5.82 Å². The number of hydrogen-bond donors (Lipinski definition) is 2. The Balaban J connectivity index is 1.34. The lowest BCUT2D eigenvalue weighted by Crippen LogP contribution is -2.35. The van der Waals surface area contributed by atoms with Gasteiger partial charge in [-0.25, -0.2) is 4.98 Å². The van der Waals surface area contributed by atoms with Crippen LogP contribution in [-0.2, 0) is 19.5 Å². The minimum atomic E-state index is -0.0484. The Hall–Kier alpha value is -3.22. The summed E-state index contributed by atoms with van der Waals surface area (Å²) in [6.07, 6.45) is 0.776. The van der Waals surface area contributed by atoms with Gasteiger partial charge in [0.25, 0.3) is 5.56 Å². The maximum Gasteiger partial charge on any atom is 0.255 e. The molecule has 0 saturated carbocycles. The smallest absolute Gasteiger partial charge is 0.255 e. The zero-order chi connectivity index (χ0) is 20.5. The lowest BCUT2D eigenvalue weighted by Gasteiger charge is -2.27. The molecule has 0 bridgehead atoms. The van der Waals surface area contributed by atoms with Crippen molar-refractivity contribution >= 4 is 17.0 Å². The van der Waals surface area contributed by atoms with E-state index in [0.717, 1.165) is 36.3 Å². The number of aromatic nitrogens is 2. The Kier molecular flexibility index (Phi) is 4.94. The number of hydrogen-bond acceptors (Lipinski definition) is 5. The first-order valence-corrected chi connectivity index (χ1v) is 10.8. The number of nitrogens with zero attached hydrogens (tertiary/aromatic N) is 2. The first kappa shape index (κ1) is 18.8. The van der Waals surface area contributed by atoms with E-state index >= 15 is 0 Å². The maximum atomic E-state index is 12.8. The summed E-state index contributed by atoms with van der Waals surface area (Å²) in [5.74, 6) is 0.609. The van der Waals surface area contributed by atoms with E-state index in [1.165, 1.54) is 15.3 Å². The zero-order valence-electron chi connectivity index (χ0n) is 16.5. The molecule has 5 nitrogen and oxygen atoms in total. The van der Waals surface area contributed by atoms with Gasteiger partial charge in [0.05, 0.1) is 11.3 Å². The van der Waals surface area contributed by atoms with Crippen molar-refractivity contribution in [2.45, 2.75) is 19.5 Å². The lowest BCUT2D eigenvalue weighted by molar-refractivity contribution is 0.244. The molecule has 1 aliphatic rings. The van der Waals surface area contributed by atoms with Crippen LogP contribution in [0.1, 0.15) is 16.1 Å². The number of rotatable bonds is 4. The Morgan fingerprint density at radius 2 is 1.80 bits per heavy atom. The highest BCUT2D eigenvalue weighted by atomic mass is 32.1. The van der Waals surface area contributed by atoms with E-state index in [1.54, 1.807) is 0 Å². The number of nitrogens with one attached hydrogen (secondary N) is 1. The fraction of sp³-hybridized carbons (Fsp3) is 0.167. The molecule has 3 heterocycles. The van der Waals surface area contributed by atoms with Crippen LogP contribution in [0.5, 0.6) is 0 Å². The van der Waals surface area contributed by atoms with Crippen LogP contribution in [0.25, 0.3) is 21.8 Å². The van der Waals surface area contributed by atoms with Gasteiger partial charge in [0.2, 0.25) is 0 Å². The molecule has 0 unspecified atom stereocenters. The minimum absolute atomic E-state index is 0.0484. The van der Waals surface area contributed by atoms with Crippen LogP contribution in [0.4, 0.5) is 5.69 Å². The van der Waals surface area contributed by atoms with Crippen molar-refractivity contribution in [1.82, 2.24) is 14.9 Å². The predicted molar refractivity (Wildman–Crippen MR) is 122 cm³/mol. The molecular weight excluding hydrogens is 392 g/mol. The topological polar surface area (TPSA) is 75.0 Å². The van der Waals surface area contributed by atoms with E-state index in [0.29, 0.717) is 18.1 Å². The van der Waals surface area contributed by atoms with Crippen molar-refractivity contribution in [3.05, 3.63) is 93.2 Å². The van der Waals surface area contributed by atoms with Crippen LogP contribution in [-0.4, -0.2) is 21.4 Å². The fourth-order valence-corrected chi connectivity index (χ4v) is 4.89. The normalized spacial score (nSPS) is 13.9. The van der Waals surface area contributed by atoms with Gasteiger partial charge in [-0.3, -0.25) is 9.69 Å². The van der Waals surface area contributed by atoms with Crippen molar-refractivity contribution in [1.29, 1.82) is 0 Å². The molecule has 0 amide bonds. The van der Waals surface area contributed by atoms with Crippen LogP contribution in [0.15, 0.2) is 71.5 Å². The first-order valence-electron chi connectivity index (χ1n) is 10.0. The lowest BCUT2D eigenvalue weighted by atomic mass is 10.1. The first-order chi connectivity index (χ1) is 14.7. The molecule has 0 spiro atoms. The van der Waals surface area contributed by atoms with E-state index in [1.807, 2.05) is 41.7 Å². The monoisotopic (exact) mass is 414 g/mol. The van der Waals surface area contributed by atoms with E-state index in [-0.39, 0.29) is 5.56 Å². The molecule has 6 heteroatoms. The number of benzene rings is 2. The van der Waals surface area contributed by atoms with Gasteiger partial charge >= 0.3 is 0 Å². The highest BCUT2D eigenvalue weighted by molar-refractivity contribution is 7.15. The van der Waals surface area contributed by atoms with Crippen LogP contribution in [0.2, 0.25) is 0 Å². The van der Waals surface area contributed by atoms with Gasteiger partial charge in [-0.1, -0.05) is 30.3 Å². The summed E-state index contributed by atoms with van der Waals surface area (Å²) in [4.78, 5) is 25.4. The van der Waals surface area contributed by atoms with Gasteiger partial charge in [0.15, 0.2) is 0 Å². The molecule has 150 valence electrons. The van der Waals surface area contributed by atoms with Crippen LogP contribution in [0.3, 0.4) is 0 Å². The second-order valence-corrected chi connectivity index (χ2v) is 8.72. The van der Waals surface area contributed by atoms with Crippen LogP contribution in [0, 0.1) is 0 Å². The van der Waals surface area contributed by atoms with E-state index in [2.05, 4.69) is 46.3 Å². The molecule has 0 fully saturated rings. The molecule has 0 saturated heterocycles. The van der Waals surface area contributed by atoms with Crippen molar-refractivity contribution in [2.75, 3.05) is 12.3 Å². The molecule has 0 atom stereocenters. The quantitative estimate of drug-likeness (QED) is 0.488. The maximum absolute atomic E-state index is 12.8. The Morgan fingerprint density at radius 3 is 2.60 bits per heavy atom. The molecule has 2 aromatic heterocycles. The summed E-state index contributed by atoms with van der Waals surface area (Å²) < 4.78 is 0. The number of thiophene rings is 1. The third-order valence-electron chi connectivity index (χ3n) is 5.43. The molecule has 0 aliphatic carbocycles. The molecule has 3 N–H and O–H groups in total. The SMILES string of the molecule is Nc1ccc(-c2nc3c(c(=O)[nH]2)CN(Cc2ccc(-c4ccccc4)s2)CC3)cc1. The zero-order valence-corrected chi connectivity index (χ0v) is 17.3. The summed E-state index contributed by atoms with van der Waals surface area (Å²) in [5, 5.41) is 0. The highest BCUT2D eigenvalue weighted by Crippen LogP contribution is 2.29. The Bertz CT molecular complexity index is 1230. The highest BCUT2D eigenvalue weighted by Gasteiger charge is 2.22. The van der Waals surface area contributed by atoms with Gasteiger partial charge in [-0.2, -0.15) is 0 Å². The number of nitrogens with two attached hydrogens (primary N) is 1. The van der Waals surface area contributed by atoms with Crippen molar-refractivity contribution in [3.8, 4) is 21.8 Å². The number of anilines is 1. The average molecular weight is 415 g/mol. The number of nitrogen functional groups attached to an aromatic ring is 1. The minimum Gasteiger partial charge on any atom is -0.399 e. The molecule has 2 aromatic carbocycles. The summed E-state index contributed by atoms with van der Waals surface area (Å²) in [7, 11) is 0. The summed E-state index contributed by atoms with van der Waals surface area (Å²) >= 11 is 1.81. The van der Waals surface area contributed by atoms with Crippen LogP contribution >= 0.6 is 11.3 Å². The standard InChI is InChI=1S/C24H22N4OS/c25-18-8-6-17(7-9-18)23-26-21-12-13-28(15-20(21)24(29)27-23)14-19-10-11-22(30-19)16-4-2-1-3-5-16/h1-11H,12-15,25H2,(H,26,27,29). The second-order valence-electron chi connectivity index (χ2n) is 7.55. The van der Waals surface area contributed by atoms with Gasteiger partial charge in [-0.05, 0) is 42.0 Å². The molecule has 1 aliphatic heterocycles. The Morgan fingerprint density at radius 1 is 1.00 bits per heavy atom. The second kappa shape index (κ2) is 7.89. The number of H-pyrrole nitrogens is 1. The van der Waals surface area contributed by atoms with E-state index in [4.69, 9.17) is 10.7 Å². The third kappa shape index (κ3) is 3.79. The average Bonchev–Trinajstić information content (AvgIpc) is 3.24. The largest absolute Gasteiger partial charge is 0.399 e. The Labute approximate surface area is 178 Å². The van der Waals surface area contributed by atoms with Gasteiger partial charge in [0, 0.05) is 47.1 Å². The van der Waals surface area contributed by atoms with Crippen molar-refractivity contribution in [3.63, 3.8) is 0 Å². The number of aromatic amines is 1. The molecular formula is C24H22N4OS. The predicted octanol–water partition coefficient (Wildman–Crippen LogP) is 4.31. The van der Waals surface area contributed by atoms with E-state index in [9.17, 15) is 4.79 Å². The van der Waals surface area contributed by atoms with Crippen molar-refractivity contribution in [2.24, 2.45) is 0 Å². The summed E-state index contributed by atoms with van der Waals surface area (Å²) in [6.45, 7) is 2.36. The van der Waals surface area contributed by atoms with E-state index < -0.39 is 0 Å². The molecule has 0 radical (unpaired) electrons. The van der Waals surface area contributed by atoms with Gasteiger partial charge < -0.3 is 10.7 Å². The van der Waals surface area contributed by atoms with Crippen LogP contribution < -0.4 is 11.3 Å². The molecule has 30 heavy (non-hydrogen) atoms. The third-order valence-corrected chi connectivity index (χ3v) is 6.55. The summed E-state index contributed by atoms with van der Waals surface area (Å²) in [5.41, 5.74) is 10.2. The molecule has 5 rings (SSSR count). The summed E-state index contributed by atoms with van der Waals surface area (Å²) in [6, 6.07) is 22.2. The number of fused-ring (bicyclic) bond motifs is 1.